The fraction of sp³-hybridized carbons (Fsp3) is 0.500. The Morgan fingerprint density at radius 2 is 2.05 bits per heavy atom. The van der Waals surface area contributed by atoms with Crippen molar-refractivity contribution in [3.63, 3.8) is 0 Å². The van der Waals surface area contributed by atoms with Crippen molar-refractivity contribution in [2.75, 3.05) is 12.5 Å². The molecule has 0 N–H and O–H groups in total. The Morgan fingerprint density at radius 3 is 2.79 bits per heavy atom. The molecule has 0 atom stereocenters. The van der Waals surface area contributed by atoms with Crippen molar-refractivity contribution in [2.45, 2.75) is 32.1 Å². The average Bonchev–Trinajstić information content (AvgIpc) is 2.46. The molecule has 2 rings (SSSR count). The van der Waals surface area contributed by atoms with Gasteiger partial charge in [0.25, 0.3) is 0 Å². The van der Waals surface area contributed by atoms with Crippen LogP contribution in [0.5, 0.6) is 5.75 Å². The lowest BCUT2D eigenvalue weighted by molar-refractivity contribution is 0.202. The molecule has 0 amide bonds. The number of rotatable bonds is 3. The first kappa shape index (κ1) is 14.2. The van der Waals surface area contributed by atoms with Crippen LogP contribution in [0.15, 0.2) is 18.2 Å². The Labute approximate surface area is 119 Å². The summed E-state index contributed by atoms with van der Waals surface area (Å²) in [4.78, 5) is 0. The molecule has 19 heavy (non-hydrogen) atoms. The van der Waals surface area contributed by atoms with Gasteiger partial charge < -0.3 is 4.74 Å². The lowest BCUT2D eigenvalue weighted by Crippen LogP contribution is -2.15. The van der Waals surface area contributed by atoms with Gasteiger partial charge in [-0.1, -0.05) is 31.1 Å². The van der Waals surface area contributed by atoms with Gasteiger partial charge in [-0.2, -0.15) is 0 Å². The highest BCUT2D eigenvalue weighted by Crippen LogP contribution is 2.25. The number of hydrogen-bond donors (Lipinski definition) is 0. The molecule has 1 saturated carbocycles. The van der Waals surface area contributed by atoms with Gasteiger partial charge in [-0.3, -0.25) is 0 Å². The number of halogens is 2. The van der Waals surface area contributed by atoms with E-state index in [9.17, 15) is 4.39 Å². The minimum absolute atomic E-state index is 0.273. The molecule has 1 fully saturated rings. The summed E-state index contributed by atoms with van der Waals surface area (Å²) in [6.45, 7) is 0.601. The molecule has 1 aromatic rings. The van der Waals surface area contributed by atoms with Crippen LogP contribution in [0.25, 0.3) is 0 Å². The van der Waals surface area contributed by atoms with E-state index in [1.54, 1.807) is 12.1 Å². The number of benzene rings is 1. The molecular formula is C16H18ClFO. The van der Waals surface area contributed by atoms with Crippen molar-refractivity contribution in [1.29, 1.82) is 0 Å². The minimum atomic E-state index is -0.327. The zero-order chi connectivity index (χ0) is 13.5. The third kappa shape index (κ3) is 4.44. The highest BCUT2D eigenvalue weighted by Gasteiger charge is 2.15. The van der Waals surface area contributed by atoms with Gasteiger partial charge in [-0.15, -0.1) is 11.6 Å². The van der Waals surface area contributed by atoms with Crippen molar-refractivity contribution in [1.82, 2.24) is 0 Å². The maximum atomic E-state index is 13.6. The van der Waals surface area contributed by atoms with Crippen LogP contribution < -0.4 is 4.74 Å². The van der Waals surface area contributed by atoms with Crippen molar-refractivity contribution < 1.29 is 9.13 Å². The normalized spacial score (nSPS) is 15.7. The Kier molecular flexibility index (Phi) is 5.54. The third-order valence-corrected chi connectivity index (χ3v) is 3.56. The topological polar surface area (TPSA) is 9.23 Å². The monoisotopic (exact) mass is 280 g/mol. The maximum Gasteiger partial charge on any atom is 0.165 e. The molecule has 0 aliphatic heterocycles. The molecule has 1 aliphatic rings. The van der Waals surface area contributed by atoms with Crippen LogP contribution >= 0.6 is 11.6 Å². The van der Waals surface area contributed by atoms with Gasteiger partial charge in [0.15, 0.2) is 11.6 Å². The highest BCUT2D eigenvalue weighted by molar-refractivity contribution is 6.19. The molecule has 1 aromatic carbocycles. The van der Waals surface area contributed by atoms with Crippen molar-refractivity contribution in [3.05, 3.63) is 29.6 Å². The van der Waals surface area contributed by atoms with Crippen molar-refractivity contribution in [2.24, 2.45) is 5.92 Å². The summed E-state index contributed by atoms with van der Waals surface area (Å²) in [5.74, 6) is 6.43. The Balaban J connectivity index is 1.98. The van der Waals surface area contributed by atoms with E-state index in [0.29, 0.717) is 18.3 Å². The maximum absolute atomic E-state index is 13.6. The van der Waals surface area contributed by atoms with Crippen LogP contribution in [-0.2, 0) is 0 Å². The van der Waals surface area contributed by atoms with Crippen LogP contribution in [0.2, 0.25) is 0 Å². The van der Waals surface area contributed by atoms with E-state index in [2.05, 4.69) is 11.8 Å². The molecule has 0 unspecified atom stereocenters. The SMILES string of the molecule is Fc1ccc(C#CCCl)cc1OCC1CCCCC1. The smallest absolute Gasteiger partial charge is 0.165 e. The van der Waals surface area contributed by atoms with Crippen LogP contribution in [-0.4, -0.2) is 12.5 Å². The van der Waals surface area contributed by atoms with E-state index >= 15 is 0 Å². The average molecular weight is 281 g/mol. The Bertz CT molecular complexity index is 469. The van der Waals surface area contributed by atoms with Gasteiger partial charge in [-0.25, -0.2) is 4.39 Å². The van der Waals surface area contributed by atoms with E-state index in [1.165, 1.54) is 38.2 Å². The first-order chi connectivity index (χ1) is 9.29. The standard InChI is InChI=1S/C16H18ClFO/c17-10-4-7-13-8-9-15(18)16(11-13)19-12-14-5-2-1-3-6-14/h8-9,11,14H,1-3,5-6,10,12H2. The summed E-state index contributed by atoms with van der Waals surface area (Å²) in [5, 5.41) is 0. The van der Waals surface area contributed by atoms with E-state index in [1.807, 2.05) is 0 Å². The predicted molar refractivity (Wildman–Crippen MR) is 76.1 cm³/mol. The Hall–Kier alpha value is -1.20. The predicted octanol–water partition coefficient (Wildman–Crippen LogP) is 4.38. The highest BCUT2D eigenvalue weighted by atomic mass is 35.5. The molecule has 0 heterocycles. The molecule has 0 saturated heterocycles. The van der Waals surface area contributed by atoms with Gasteiger partial charge in [0.1, 0.15) is 0 Å². The molecule has 0 spiro atoms. The summed E-state index contributed by atoms with van der Waals surface area (Å²) in [6.07, 6.45) is 6.21. The fourth-order valence-corrected chi connectivity index (χ4v) is 2.46. The summed E-state index contributed by atoms with van der Waals surface area (Å²) < 4.78 is 19.3. The van der Waals surface area contributed by atoms with E-state index in [0.717, 1.165) is 5.56 Å². The van der Waals surface area contributed by atoms with Crippen LogP contribution in [0.3, 0.4) is 0 Å². The number of hydrogen-bond acceptors (Lipinski definition) is 1. The number of alkyl halides is 1. The zero-order valence-electron chi connectivity index (χ0n) is 10.9. The fourth-order valence-electron chi connectivity index (χ4n) is 2.39. The minimum Gasteiger partial charge on any atom is -0.490 e. The molecule has 0 bridgehead atoms. The van der Waals surface area contributed by atoms with Gasteiger partial charge in [-0.05, 0) is 37.0 Å². The van der Waals surface area contributed by atoms with Gasteiger partial charge in [0, 0.05) is 5.56 Å². The second-order valence-electron chi connectivity index (χ2n) is 4.90. The summed E-state index contributed by atoms with van der Waals surface area (Å²) in [7, 11) is 0. The molecule has 3 heteroatoms. The molecule has 0 radical (unpaired) electrons. The quantitative estimate of drug-likeness (QED) is 0.590. The summed E-state index contributed by atoms with van der Waals surface area (Å²) in [6, 6.07) is 4.69. The molecule has 0 aromatic heterocycles. The van der Waals surface area contributed by atoms with Gasteiger partial charge in [0.2, 0.25) is 0 Å². The van der Waals surface area contributed by atoms with Crippen molar-refractivity contribution >= 4 is 11.6 Å². The van der Waals surface area contributed by atoms with Crippen LogP contribution in [0.1, 0.15) is 37.7 Å². The van der Waals surface area contributed by atoms with E-state index in [-0.39, 0.29) is 11.7 Å². The van der Waals surface area contributed by atoms with E-state index in [4.69, 9.17) is 16.3 Å². The third-order valence-electron chi connectivity index (χ3n) is 3.43. The Morgan fingerprint density at radius 1 is 1.26 bits per heavy atom. The summed E-state index contributed by atoms with van der Waals surface area (Å²) in [5.41, 5.74) is 0.737. The lowest BCUT2D eigenvalue weighted by atomic mass is 9.90. The van der Waals surface area contributed by atoms with Crippen molar-refractivity contribution in [3.8, 4) is 17.6 Å². The lowest BCUT2D eigenvalue weighted by Gasteiger charge is -2.21. The second kappa shape index (κ2) is 7.40. The van der Waals surface area contributed by atoms with Crippen LogP contribution in [0.4, 0.5) is 4.39 Å². The summed E-state index contributed by atoms with van der Waals surface area (Å²) >= 11 is 5.51. The number of ether oxygens (including phenoxy) is 1. The van der Waals surface area contributed by atoms with E-state index < -0.39 is 0 Å². The van der Waals surface area contributed by atoms with Gasteiger partial charge >= 0.3 is 0 Å². The first-order valence-corrected chi connectivity index (χ1v) is 7.30. The molecule has 1 aliphatic carbocycles. The largest absolute Gasteiger partial charge is 0.490 e. The zero-order valence-corrected chi connectivity index (χ0v) is 11.7. The first-order valence-electron chi connectivity index (χ1n) is 6.77. The van der Waals surface area contributed by atoms with Crippen LogP contribution in [0, 0.1) is 23.6 Å². The molecular weight excluding hydrogens is 263 g/mol. The second-order valence-corrected chi connectivity index (χ2v) is 5.16. The molecule has 102 valence electrons. The van der Waals surface area contributed by atoms with Gasteiger partial charge in [0.05, 0.1) is 12.5 Å². The molecule has 1 nitrogen and oxygen atoms in total.